The number of carbonyl (C=O) groups excluding carboxylic acids is 3. The van der Waals surface area contributed by atoms with Gasteiger partial charge in [-0.3, -0.25) is 14.4 Å². The summed E-state index contributed by atoms with van der Waals surface area (Å²) in [5, 5.41) is 0. The smallest absolute Gasteiger partial charge is 0.306 e. The molecular weight excluding hydrogens is 793 g/mol. The van der Waals surface area contributed by atoms with E-state index in [4.69, 9.17) is 14.2 Å². The fourth-order valence-electron chi connectivity index (χ4n) is 7.66. The molecule has 0 spiro atoms. The van der Waals surface area contributed by atoms with E-state index in [1.807, 2.05) is 0 Å². The van der Waals surface area contributed by atoms with Gasteiger partial charge < -0.3 is 14.2 Å². The Morgan fingerprint density at radius 2 is 0.609 bits per heavy atom. The lowest BCUT2D eigenvalue weighted by Gasteiger charge is -2.18. The van der Waals surface area contributed by atoms with E-state index in [1.54, 1.807) is 0 Å². The van der Waals surface area contributed by atoms with Crippen molar-refractivity contribution < 1.29 is 28.6 Å². The molecule has 64 heavy (non-hydrogen) atoms. The average Bonchev–Trinajstić information content (AvgIpc) is 3.29. The molecule has 0 radical (unpaired) electrons. The van der Waals surface area contributed by atoms with Crippen LogP contribution in [0.2, 0.25) is 0 Å². The minimum absolute atomic E-state index is 0.0912. The predicted molar refractivity (Wildman–Crippen MR) is 275 cm³/mol. The number of allylic oxidation sites excluding steroid dienone is 10. The Kier molecular flexibility index (Phi) is 50.4. The summed E-state index contributed by atoms with van der Waals surface area (Å²) in [6.45, 7) is 6.50. The highest BCUT2D eigenvalue weighted by molar-refractivity contribution is 5.71. The molecule has 0 N–H and O–H groups in total. The van der Waals surface area contributed by atoms with Crippen molar-refractivity contribution in [3.8, 4) is 0 Å². The summed E-state index contributed by atoms with van der Waals surface area (Å²) in [4.78, 5) is 38.0. The highest BCUT2D eigenvalue weighted by atomic mass is 16.6. The van der Waals surface area contributed by atoms with Crippen LogP contribution in [0.4, 0.5) is 0 Å². The lowest BCUT2D eigenvalue weighted by atomic mass is 10.0. The summed E-state index contributed by atoms with van der Waals surface area (Å²) in [6.07, 6.45) is 64.9. The van der Waals surface area contributed by atoms with Crippen LogP contribution >= 0.6 is 0 Å². The second kappa shape index (κ2) is 52.7. The monoisotopic (exact) mass is 895 g/mol. The predicted octanol–water partition coefficient (Wildman–Crippen LogP) is 18.0. The Hall–Kier alpha value is -2.89. The van der Waals surface area contributed by atoms with Crippen LogP contribution in [-0.2, 0) is 28.6 Å². The zero-order valence-electron chi connectivity index (χ0n) is 42.3. The Morgan fingerprint density at radius 3 is 1.00 bits per heavy atom. The van der Waals surface area contributed by atoms with Gasteiger partial charge in [-0.15, -0.1) is 0 Å². The number of carbonyl (C=O) groups is 3. The van der Waals surface area contributed by atoms with Gasteiger partial charge >= 0.3 is 17.9 Å². The molecule has 0 unspecified atom stereocenters. The minimum atomic E-state index is -0.797. The molecule has 6 nitrogen and oxygen atoms in total. The first-order valence-corrected chi connectivity index (χ1v) is 27.3. The van der Waals surface area contributed by atoms with E-state index in [9.17, 15) is 14.4 Å². The first kappa shape index (κ1) is 61.1. The van der Waals surface area contributed by atoms with E-state index < -0.39 is 6.10 Å². The van der Waals surface area contributed by atoms with Crippen LogP contribution in [-0.4, -0.2) is 37.2 Å². The number of hydrogen-bond donors (Lipinski definition) is 0. The van der Waals surface area contributed by atoms with E-state index in [0.717, 1.165) is 83.5 Å². The van der Waals surface area contributed by atoms with Crippen molar-refractivity contribution in [2.75, 3.05) is 13.2 Å². The van der Waals surface area contributed by atoms with Crippen LogP contribution in [0.5, 0.6) is 0 Å². The third kappa shape index (κ3) is 50.1. The van der Waals surface area contributed by atoms with E-state index >= 15 is 0 Å². The Labute approximate surface area is 396 Å². The molecule has 1 atom stereocenters. The quantitative estimate of drug-likeness (QED) is 0.0262. The number of ether oxygens (including phenoxy) is 3. The second-order valence-corrected chi connectivity index (χ2v) is 18.1. The summed E-state index contributed by atoms with van der Waals surface area (Å²) in [7, 11) is 0. The van der Waals surface area contributed by atoms with E-state index in [1.165, 1.54) is 141 Å². The van der Waals surface area contributed by atoms with Gasteiger partial charge in [0.2, 0.25) is 0 Å². The third-order valence-corrected chi connectivity index (χ3v) is 11.8. The summed E-state index contributed by atoms with van der Waals surface area (Å²) in [6, 6.07) is 0. The molecule has 0 aromatic heterocycles. The topological polar surface area (TPSA) is 78.9 Å². The molecule has 0 heterocycles. The second-order valence-electron chi connectivity index (χ2n) is 18.1. The summed E-state index contributed by atoms with van der Waals surface area (Å²) in [5.74, 6) is -0.933. The van der Waals surface area contributed by atoms with Crippen molar-refractivity contribution in [2.45, 2.75) is 277 Å². The van der Waals surface area contributed by atoms with Crippen LogP contribution in [0.1, 0.15) is 271 Å². The molecule has 0 aromatic rings. The van der Waals surface area contributed by atoms with Crippen molar-refractivity contribution >= 4 is 17.9 Å². The molecule has 0 aliphatic heterocycles. The Morgan fingerprint density at radius 1 is 0.328 bits per heavy atom. The normalized spacial score (nSPS) is 12.5. The van der Waals surface area contributed by atoms with Crippen LogP contribution in [0, 0.1) is 0 Å². The van der Waals surface area contributed by atoms with Gasteiger partial charge in [-0.25, -0.2) is 0 Å². The van der Waals surface area contributed by atoms with Gasteiger partial charge in [-0.05, 0) is 83.5 Å². The fourth-order valence-corrected chi connectivity index (χ4v) is 7.66. The first-order chi connectivity index (χ1) is 31.5. The van der Waals surface area contributed by atoms with Crippen molar-refractivity contribution in [3.05, 3.63) is 60.8 Å². The number of rotatable bonds is 49. The summed E-state index contributed by atoms with van der Waals surface area (Å²) < 4.78 is 16.8. The highest BCUT2D eigenvalue weighted by Crippen LogP contribution is 2.15. The number of unbranched alkanes of at least 4 members (excludes halogenated alkanes) is 28. The standard InChI is InChI=1S/C58H102O6/c1-4-7-10-13-16-19-22-25-28-31-33-36-39-42-45-48-51-57(60)63-54-55(64-58(61)52-49-46-43-40-37-34-30-27-24-21-18-15-12-9-6-3)53-62-56(59)50-47-44-41-38-35-32-29-26-23-20-17-14-11-8-5-2/h9,12,18,21,27-28,30-31,37,40,55H,4-8,10-11,13-17,19-20,22-26,29,32-36,38-39,41-54H2,1-3H3/b12-9-,21-18-,30-27-,31-28-,40-37-/t55-/m1/s1. The number of hydrogen-bond acceptors (Lipinski definition) is 6. The molecule has 0 saturated carbocycles. The molecule has 6 heteroatoms. The lowest BCUT2D eigenvalue weighted by molar-refractivity contribution is -0.167. The molecule has 0 fully saturated rings. The van der Waals surface area contributed by atoms with Gasteiger partial charge in [0.1, 0.15) is 13.2 Å². The largest absolute Gasteiger partial charge is 0.462 e. The van der Waals surface area contributed by atoms with Crippen molar-refractivity contribution in [1.82, 2.24) is 0 Å². The van der Waals surface area contributed by atoms with Gasteiger partial charge in [-0.1, -0.05) is 229 Å². The van der Waals surface area contributed by atoms with Gasteiger partial charge in [-0.2, -0.15) is 0 Å². The van der Waals surface area contributed by atoms with Crippen molar-refractivity contribution in [1.29, 1.82) is 0 Å². The van der Waals surface area contributed by atoms with Gasteiger partial charge in [0, 0.05) is 19.3 Å². The van der Waals surface area contributed by atoms with Crippen LogP contribution < -0.4 is 0 Å². The summed E-state index contributed by atoms with van der Waals surface area (Å²) >= 11 is 0. The zero-order valence-corrected chi connectivity index (χ0v) is 42.3. The molecule has 0 aromatic carbocycles. The molecule has 0 aliphatic carbocycles. The maximum Gasteiger partial charge on any atom is 0.306 e. The van der Waals surface area contributed by atoms with Crippen molar-refractivity contribution in [2.24, 2.45) is 0 Å². The van der Waals surface area contributed by atoms with Crippen molar-refractivity contribution in [3.63, 3.8) is 0 Å². The third-order valence-electron chi connectivity index (χ3n) is 11.8. The van der Waals surface area contributed by atoms with E-state index in [-0.39, 0.29) is 37.5 Å². The fraction of sp³-hybridized carbons (Fsp3) is 0.776. The Balaban J connectivity index is 4.43. The number of esters is 3. The van der Waals surface area contributed by atoms with Crippen LogP contribution in [0.3, 0.4) is 0 Å². The maximum absolute atomic E-state index is 12.8. The minimum Gasteiger partial charge on any atom is -0.462 e. The van der Waals surface area contributed by atoms with Gasteiger partial charge in [0.25, 0.3) is 0 Å². The molecule has 0 aliphatic rings. The maximum atomic E-state index is 12.8. The molecule has 0 rings (SSSR count). The average molecular weight is 895 g/mol. The van der Waals surface area contributed by atoms with Gasteiger partial charge in [0.15, 0.2) is 6.10 Å². The molecule has 370 valence electrons. The van der Waals surface area contributed by atoms with Crippen LogP contribution in [0.15, 0.2) is 60.8 Å². The molecule has 0 saturated heterocycles. The molecule has 0 bridgehead atoms. The molecular formula is C58H102O6. The highest BCUT2D eigenvalue weighted by Gasteiger charge is 2.19. The lowest BCUT2D eigenvalue weighted by Crippen LogP contribution is -2.30. The first-order valence-electron chi connectivity index (χ1n) is 27.3. The van der Waals surface area contributed by atoms with Gasteiger partial charge in [0.05, 0.1) is 0 Å². The zero-order chi connectivity index (χ0) is 46.5. The SMILES string of the molecule is CC/C=C\C/C=C\C/C=C\C/C=C\CCCCC(=O)O[C@@H](COC(=O)CCCCCCC/C=C\CCCCCCCCC)COC(=O)CCCCCCCCCCCCCCCCC. The van der Waals surface area contributed by atoms with Crippen LogP contribution in [0.25, 0.3) is 0 Å². The summed E-state index contributed by atoms with van der Waals surface area (Å²) in [5.41, 5.74) is 0. The Bertz CT molecular complexity index is 1170. The van der Waals surface area contributed by atoms with E-state index in [0.29, 0.717) is 19.3 Å². The molecule has 0 amide bonds. The van der Waals surface area contributed by atoms with E-state index in [2.05, 4.69) is 81.5 Å².